The fourth-order valence-electron chi connectivity index (χ4n) is 3.20. The number of ether oxygens (including phenoxy) is 1. The van der Waals surface area contributed by atoms with Crippen LogP contribution in [0.25, 0.3) is 0 Å². The van der Waals surface area contributed by atoms with Gasteiger partial charge in [-0.15, -0.1) is 0 Å². The first-order chi connectivity index (χ1) is 13.4. The van der Waals surface area contributed by atoms with Gasteiger partial charge in [0.25, 0.3) is 0 Å². The molecule has 0 aliphatic carbocycles. The lowest BCUT2D eigenvalue weighted by atomic mass is 9.97. The largest absolute Gasteiger partial charge is 0.481 e. The van der Waals surface area contributed by atoms with Crippen molar-refractivity contribution in [1.82, 2.24) is 9.97 Å². The molecule has 148 valence electrons. The van der Waals surface area contributed by atoms with Crippen LogP contribution in [0.3, 0.4) is 0 Å². The van der Waals surface area contributed by atoms with Crippen molar-refractivity contribution in [2.75, 3.05) is 23.7 Å². The van der Waals surface area contributed by atoms with Crippen LogP contribution in [0.1, 0.15) is 31.7 Å². The first kappa shape index (κ1) is 19.6. The third kappa shape index (κ3) is 4.76. The summed E-state index contributed by atoms with van der Waals surface area (Å²) in [6.45, 7) is 2.72. The minimum Gasteiger partial charge on any atom is -0.481 e. The van der Waals surface area contributed by atoms with Crippen LogP contribution in [-0.4, -0.2) is 39.9 Å². The molecular weight excluding hydrogens is 360 g/mol. The van der Waals surface area contributed by atoms with Gasteiger partial charge in [-0.05, 0) is 43.9 Å². The molecule has 8 nitrogen and oxygen atoms in total. The smallest absolute Gasteiger partial charge is 0.306 e. The summed E-state index contributed by atoms with van der Waals surface area (Å²) in [4.78, 5) is 32.6. The lowest BCUT2D eigenvalue weighted by Gasteiger charge is -2.31. The molecule has 0 amide bonds. The summed E-state index contributed by atoms with van der Waals surface area (Å²) in [7, 11) is 0. The van der Waals surface area contributed by atoms with E-state index in [1.54, 1.807) is 6.92 Å². The molecular formula is C20H24N4O4. The Labute approximate surface area is 163 Å². The number of hydrogen-bond donors (Lipinski definition) is 2. The Kier molecular flexibility index (Phi) is 6.08. The molecule has 3 rings (SSSR count). The number of carbonyl (C=O) groups excluding carboxylic acids is 1. The maximum Gasteiger partial charge on any atom is 0.306 e. The van der Waals surface area contributed by atoms with Crippen molar-refractivity contribution < 1.29 is 19.4 Å². The number of anilines is 2. The Morgan fingerprint density at radius 1 is 1.21 bits per heavy atom. The molecule has 2 heterocycles. The molecule has 1 aliphatic heterocycles. The molecule has 1 saturated heterocycles. The lowest BCUT2D eigenvalue weighted by Crippen LogP contribution is -2.37. The normalized spacial score (nSPS) is 14.7. The van der Waals surface area contributed by atoms with E-state index in [-0.39, 0.29) is 17.6 Å². The number of Topliss-reactive ketones (excluding diaryl/α,β-unsaturated/α-hetero) is 1. The Hall–Kier alpha value is -3.16. The van der Waals surface area contributed by atoms with E-state index in [1.807, 2.05) is 29.2 Å². The number of piperidine rings is 1. The van der Waals surface area contributed by atoms with Gasteiger partial charge in [0.2, 0.25) is 5.88 Å². The number of ketones is 1. The van der Waals surface area contributed by atoms with Crippen molar-refractivity contribution in [3.8, 4) is 11.6 Å². The van der Waals surface area contributed by atoms with E-state index in [0.29, 0.717) is 56.0 Å². The second-order valence-corrected chi connectivity index (χ2v) is 6.96. The summed E-state index contributed by atoms with van der Waals surface area (Å²) >= 11 is 0. The second-order valence-electron chi connectivity index (χ2n) is 6.96. The van der Waals surface area contributed by atoms with Crippen LogP contribution < -0.4 is 15.4 Å². The van der Waals surface area contributed by atoms with E-state index < -0.39 is 5.97 Å². The fourth-order valence-corrected chi connectivity index (χ4v) is 3.20. The summed E-state index contributed by atoms with van der Waals surface area (Å²) in [6, 6.07) is 7.45. The van der Waals surface area contributed by atoms with Crippen LogP contribution in [0, 0.1) is 5.92 Å². The minimum atomic E-state index is -0.758. The SMILES string of the molecule is CC(=O)CCc1ccc(Oc2ncnc(N3CCC(C(=O)O)CC3)c2N)cc1. The number of carbonyl (C=O) groups is 2. The highest BCUT2D eigenvalue weighted by Crippen LogP contribution is 2.33. The van der Waals surface area contributed by atoms with E-state index in [1.165, 1.54) is 6.33 Å². The van der Waals surface area contributed by atoms with Crippen molar-refractivity contribution >= 4 is 23.3 Å². The lowest BCUT2D eigenvalue weighted by molar-refractivity contribution is -0.142. The Morgan fingerprint density at radius 2 is 1.89 bits per heavy atom. The number of hydrogen-bond acceptors (Lipinski definition) is 7. The van der Waals surface area contributed by atoms with Gasteiger partial charge in [0.05, 0.1) is 5.92 Å². The number of aryl methyl sites for hydroxylation is 1. The van der Waals surface area contributed by atoms with E-state index in [9.17, 15) is 9.59 Å². The summed E-state index contributed by atoms with van der Waals surface area (Å²) in [5.74, 6) is 0.498. The number of rotatable bonds is 7. The summed E-state index contributed by atoms with van der Waals surface area (Å²) in [5.41, 5.74) is 7.61. The van der Waals surface area contributed by atoms with Gasteiger partial charge in [-0.3, -0.25) is 4.79 Å². The van der Waals surface area contributed by atoms with Gasteiger partial charge in [0, 0.05) is 19.5 Å². The predicted octanol–water partition coefficient (Wildman–Crippen LogP) is 2.67. The van der Waals surface area contributed by atoms with Gasteiger partial charge < -0.3 is 25.3 Å². The Balaban J connectivity index is 1.68. The first-order valence-corrected chi connectivity index (χ1v) is 9.28. The molecule has 8 heteroatoms. The molecule has 1 aromatic heterocycles. The first-order valence-electron chi connectivity index (χ1n) is 9.28. The maximum absolute atomic E-state index is 11.1. The zero-order valence-electron chi connectivity index (χ0n) is 15.8. The topological polar surface area (TPSA) is 119 Å². The number of carboxylic acid groups (broad SMARTS) is 1. The van der Waals surface area contributed by atoms with Crippen molar-refractivity contribution in [1.29, 1.82) is 0 Å². The van der Waals surface area contributed by atoms with Crippen molar-refractivity contribution in [3.05, 3.63) is 36.2 Å². The van der Waals surface area contributed by atoms with Gasteiger partial charge in [-0.2, -0.15) is 4.98 Å². The van der Waals surface area contributed by atoms with Crippen LogP contribution in [0.15, 0.2) is 30.6 Å². The number of aromatic nitrogens is 2. The molecule has 0 saturated carbocycles. The molecule has 2 aromatic rings. The highest BCUT2D eigenvalue weighted by Gasteiger charge is 2.27. The quantitative estimate of drug-likeness (QED) is 0.748. The van der Waals surface area contributed by atoms with Crippen LogP contribution in [-0.2, 0) is 16.0 Å². The molecule has 0 spiro atoms. The van der Waals surface area contributed by atoms with E-state index >= 15 is 0 Å². The van der Waals surface area contributed by atoms with Gasteiger partial charge in [-0.25, -0.2) is 4.98 Å². The Bertz CT molecular complexity index is 846. The number of nitrogens with two attached hydrogens (primary N) is 1. The fraction of sp³-hybridized carbons (Fsp3) is 0.400. The van der Waals surface area contributed by atoms with E-state index in [2.05, 4.69) is 9.97 Å². The minimum absolute atomic E-state index is 0.161. The highest BCUT2D eigenvalue weighted by atomic mass is 16.5. The van der Waals surface area contributed by atoms with Gasteiger partial charge in [0.1, 0.15) is 23.5 Å². The molecule has 0 bridgehead atoms. The third-order valence-corrected chi connectivity index (χ3v) is 4.87. The maximum atomic E-state index is 11.1. The van der Waals surface area contributed by atoms with Crippen molar-refractivity contribution in [2.45, 2.75) is 32.6 Å². The number of benzene rings is 1. The molecule has 0 atom stereocenters. The summed E-state index contributed by atoms with van der Waals surface area (Å²) in [6.07, 6.45) is 3.71. The average molecular weight is 384 g/mol. The van der Waals surface area contributed by atoms with E-state index in [4.69, 9.17) is 15.6 Å². The van der Waals surface area contributed by atoms with Crippen LogP contribution >= 0.6 is 0 Å². The summed E-state index contributed by atoms with van der Waals surface area (Å²) in [5, 5.41) is 9.13. The van der Waals surface area contributed by atoms with Gasteiger partial charge >= 0.3 is 5.97 Å². The van der Waals surface area contributed by atoms with Crippen LogP contribution in [0.5, 0.6) is 11.6 Å². The Morgan fingerprint density at radius 3 is 2.50 bits per heavy atom. The van der Waals surface area contributed by atoms with Crippen LogP contribution in [0.2, 0.25) is 0 Å². The molecule has 3 N–H and O–H groups in total. The molecule has 28 heavy (non-hydrogen) atoms. The zero-order valence-corrected chi connectivity index (χ0v) is 15.8. The van der Waals surface area contributed by atoms with Crippen LogP contribution in [0.4, 0.5) is 11.5 Å². The molecule has 1 fully saturated rings. The average Bonchev–Trinajstić information content (AvgIpc) is 2.69. The summed E-state index contributed by atoms with van der Waals surface area (Å²) < 4.78 is 5.82. The molecule has 0 radical (unpaired) electrons. The van der Waals surface area contributed by atoms with Gasteiger partial charge in [0.15, 0.2) is 5.82 Å². The molecule has 1 aliphatic rings. The third-order valence-electron chi connectivity index (χ3n) is 4.87. The molecule has 0 unspecified atom stereocenters. The number of nitrogen functional groups attached to an aromatic ring is 1. The van der Waals surface area contributed by atoms with E-state index in [0.717, 1.165) is 5.56 Å². The number of nitrogens with zero attached hydrogens (tertiary/aromatic N) is 3. The highest BCUT2D eigenvalue weighted by molar-refractivity contribution is 5.75. The zero-order chi connectivity index (χ0) is 20.1. The number of aliphatic carboxylic acids is 1. The predicted molar refractivity (Wildman–Crippen MR) is 105 cm³/mol. The number of carboxylic acids is 1. The monoisotopic (exact) mass is 384 g/mol. The van der Waals surface area contributed by atoms with Crippen molar-refractivity contribution in [2.24, 2.45) is 5.92 Å². The molecule has 1 aromatic carbocycles. The van der Waals surface area contributed by atoms with Gasteiger partial charge in [-0.1, -0.05) is 12.1 Å². The second kappa shape index (κ2) is 8.69. The standard InChI is InChI=1S/C20H24N4O4/c1-13(25)2-3-14-4-6-16(7-5-14)28-19-17(21)18(22-12-23-19)24-10-8-15(9-11-24)20(26)27/h4-7,12,15H,2-3,8-11,21H2,1H3,(H,26,27). The van der Waals surface area contributed by atoms with Crippen molar-refractivity contribution in [3.63, 3.8) is 0 Å².